The molecule has 0 radical (unpaired) electrons. The van der Waals surface area contributed by atoms with Crippen molar-refractivity contribution in [2.45, 2.75) is 24.4 Å². The fourth-order valence-electron chi connectivity index (χ4n) is 2.75. The van der Waals surface area contributed by atoms with Crippen LogP contribution in [-0.4, -0.2) is 20.0 Å². The second-order valence-corrected chi connectivity index (χ2v) is 8.02. The highest BCUT2D eigenvalue weighted by atomic mass is 32.2. The lowest BCUT2D eigenvalue weighted by Crippen LogP contribution is -2.31. The van der Waals surface area contributed by atoms with Gasteiger partial charge in [-0.1, -0.05) is 19.1 Å². The van der Waals surface area contributed by atoms with Gasteiger partial charge in [-0.15, -0.1) is 0 Å². The molecule has 6 nitrogen and oxygen atoms in total. The Bertz CT molecular complexity index is 1010. The molecule has 0 aliphatic carbocycles. The smallest absolute Gasteiger partial charge is 0.280 e. The van der Waals surface area contributed by atoms with Gasteiger partial charge in [-0.25, -0.2) is 13.8 Å². The number of benzene rings is 2. The number of nitrogens with zero attached hydrogens (tertiary/aromatic N) is 1. The fraction of sp³-hybridized carbons (Fsp3) is 0.222. The molecule has 0 spiro atoms. The molecule has 0 aromatic heterocycles. The summed E-state index contributed by atoms with van der Waals surface area (Å²) in [6, 6.07) is 9.57. The van der Waals surface area contributed by atoms with Crippen molar-refractivity contribution in [3.8, 4) is 0 Å². The Morgan fingerprint density at radius 3 is 2.21 bits per heavy atom. The quantitative estimate of drug-likeness (QED) is 0.809. The molecule has 2 aromatic rings. The van der Waals surface area contributed by atoms with E-state index >= 15 is 0 Å². The summed E-state index contributed by atoms with van der Waals surface area (Å²) in [7, 11) is -4.04. The number of hydrogen-bond donors (Lipinski definition) is 2. The Kier molecular flexibility index (Phi) is 5.16. The lowest BCUT2D eigenvalue weighted by Gasteiger charge is -2.19. The number of rotatable bonds is 4. The maximum Gasteiger partial charge on any atom is 0.416 e. The van der Waals surface area contributed by atoms with Crippen molar-refractivity contribution in [1.82, 2.24) is 5.43 Å². The van der Waals surface area contributed by atoms with E-state index in [4.69, 9.17) is 0 Å². The minimum atomic E-state index is -4.54. The largest absolute Gasteiger partial charge is 0.416 e. The van der Waals surface area contributed by atoms with Crippen LogP contribution in [0.2, 0.25) is 0 Å². The molecule has 1 amide bonds. The number of hydrazone groups is 1. The molecule has 1 aliphatic heterocycles. The first-order valence-corrected chi connectivity index (χ1v) is 9.71. The van der Waals surface area contributed by atoms with Crippen molar-refractivity contribution >= 4 is 27.3 Å². The van der Waals surface area contributed by atoms with E-state index in [1.807, 2.05) is 6.92 Å². The molecular formula is C18H16F3N3O3S. The molecule has 0 bridgehead atoms. The summed E-state index contributed by atoms with van der Waals surface area (Å²) in [5.41, 5.74) is 3.13. The summed E-state index contributed by atoms with van der Waals surface area (Å²) in [6.07, 6.45) is -4.23. The monoisotopic (exact) mass is 411 g/mol. The van der Waals surface area contributed by atoms with Crippen LogP contribution in [-0.2, 0) is 21.0 Å². The lowest BCUT2D eigenvalue weighted by molar-refractivity contribution is -0.137. The Morgan fingerprint density at radius 2 is 1.68 bits per heavy atom. The van der Waals surface area contributed by atoms with Crippen LogP contribution in [0.5, 0.6) is 0 Å². The van der Waals surface area contributed by atoms with Gasteiger partial charge in [0, 0.05) is 18.0 Å². The number of nitrogens with one attached hydrogen (secondary N) is 2. The van der Waals surface area contributed by atoms with Crippen molar-refractivity contribution in [3.05, 3.63) is 59.7 Å². The highest BCUT2D eigenvalue weighted by Crippen LogP contribution is 2.30. The molecule has 2 aromatic carbocycles. The van der Waals surface area contributed by atoms with E-state index in [1.165, 1.54) is 12.1 Å². The molecule has 10 heteroatoms. The highest BCUT2D eigenvalue weighted by Gasteiger charge is 2.30. The Morgan fingerprint density at radius 1 is 1.07 bits per heavy atom. The van der Waals surface area contributed by atoms with Crippen molar-refractivity contribution < 1.29 is 26.4 Å². The summed E-state index contributed by atoms with van der Waals surface area (Å²) in [6.45, 7) is 1.86. The van der Waals surface area contributed by atoms with E-state index in [1.54, 1.807) is 12.1 Å². The van der Waals surface area contributed by atoms with Crippen molar-refractivity contribution in [3.63, 3.8) is 0 Å². The molecule has 1 heterocycles. The number of carbonyl (C=O) groups is 1. The van der Waals surface area contributed by atoms with Crippen LogP contribution in [0.15, 0.2) is 58.5 Å². The van der Waals surface area contributed by atoms with Gasteiger partial charge < -0.3 is 0 Å². The summed E-state index contributed by atoms with van der Waals surface area (Å²) in [4.78, 5) is 11.0. The highest BCUT2D eigenvalue weighted by molar-refractivity contribution is 7.92. The number of amides is 1. The zero-order chi connectivity index (χ0) is 20.5. The Balaban J connectivity index is 1.77. The van der Waals surface area contributed by atoms with E-state index < -0.39 is 21.8 Å². The van der Waals surface area contributed by atoms with Crippen LogP contribution in [0.4, 0.5) is 18.9 Å². The topological polar surface area (TPSA) is 87.6 Å². The van der Waals surface area contributed by atoms with E-state index in [0.717, 1.165) is 17.7 Å². The normalized spacial score (nSPS) is 17.6. The standard InChI is InChI=1S/C18H16F3N3O3S/c1-11-10-16(25)22-23-17(11)12-2-6-14(7-3-12)24-28(26,27)15-8-4-13(5-9-15)18(19,20)21/h2-9,11,24H,10H2,1H3,(H,22,25). The number of alkyl halides is 3. The first kappa shape index (κ1) is 19.9. The molecule has 1 unspecified atom stereocenters. The molecule has 1 atom stereocenters. The van der Waals surface area contributed by atoms with Crippen LogP contribution < -0.4 is 10.1 Å². The summed E-state index contributed by atoms with van der Waals surface area (Å²) >= 11 is 0. The van der Waals surface area contributed by atoms with Crippen LogP contribution in [0.3, 0.4) is 0 Å². The molecule has 0 fully saturated rings. The number of sulfonamides is 1. The number of halogens is 3. The van der Waals surface area contributed by atoms with Gasteiger partial charge in [-0.05, 0) is 42.0 Å². The molecule has 1 aliphatic rings. The summed E-state index contributed by atoms with van der Waals surface area (Å²) in [5, 5.41) is 4.03. The average molecular weight is 411 g/mol. The van der Waals surface area contributed by atoms with Crippen molar-refractivity contribution in [2.24, 2.45) is 11.0 Å². The summed E-state index contributed by atoms with van der Waals surface area (Å²) in [5.74, 6) is -0.249. The molecule has 0 saturated heterocycles. The molecule has 0 saturated carbocycles. The third-order valence-corrected chi connectivity index (χ3v) is 5.58. The third-order valence-electron chi connectivity index (χ3n) is 4.18. The van der Waals surface area contributed by atoms with Crippen LogP contribution in [0, 0.1) is 5.92 Å². The van der Waals surface area contributed by atoms with Gasteiger partial charge in [0.2, 0.25) is 5.91 Å². The van der Waals surface area contributed by atoms with Crippen molar-refractivity contribution in [1.29, 1.82) is 0 Å². The third kappa shape index (κ3) is 4.33. The van der Waals surface area contributed by atoms with Crippen molar-refractivity contribution in [2.75, 3.05) is 4.72 Å². The molecular weight excluding hydrogens is 395 g/mol. The zero-order valence-electron chi connectivity index (χ0n) is 14.6. The van der Waals surface area contributed by atoms with E-state index in [9.17, 15) is 26.4 Å². The molecule has 28 heavy (non-hydrogen) atoms. The number of carbonyl (C=O) groups excluding carboxylic acids is 1. The minimum Gasteiger partial charge on any atom is -0.280 e. The molecule has 3 rings (SSSR count). The second kappa shape index (κ2) is 7.27. The predicted octanol–water partition coefficient (Wildman–Crippen LogP) is 3.37. The summed E-state index contributed by atoms with van der Waals surface area (Å²) < 4.78 is 64.9. The lowest BCUT2D eigenvalue weighted by atomic mass is 9.94. The first-order valence-electron chi connectivity index (χ1n) is 8.23. The SMILES string of the molecule is CC1CC(=O)NN=C1c1ccc(NS(=O)(=O)c2ccc(C(F)(F)F)cc2)cc1. The van der Waals surface area contributed by atoms with Gasteiger partial charge in [-0.2, -0.15) is 18.3 Å². The van der Waals surface area contributed by atoms with Gasteiger partial charge >= 0.3 is 6.18 Å². The fourth-order valence-corrected chi connectivity index (χ4v) is 3.81. The van der Waals surface area contributed by atoms with Gasteiger partial charge in [0.25, 0.3) is 10.0 Å². The van der Waals surface area contributed by atoms with Gasteiger partial charge in [0.15, 0.2) is 0 Å². The van der Waals surface area contributed by atoms with Crippen LogP contribution >= 0.6 is 0 Å². The van der Waals surface area contributed by atoms with Crippen LogP contribution in [0.25, 0.3) is 0 Å². The Labute approximate surface area is 159 Å². The van der Waals surface area contributed by atoms with E-state index in [0.29, 0.717) is 24.3 Å². The van der Waals surface area contributed by atoms with Gasteiger partial charge in [0.1, 0.15) is 0 Å². The van der Waals surface area contributed by atoms with Gasteiger partial charge in [0.05, 0.1) is 16.2 Å². The van der Waals surface area contributed by atoms with Gasteiger partial charge in [-0.3, -0.25) is 9.52 Å². The van der Waals surface area contributed by atoms with E-state index in [2.05, 4.69) is 15.2 Å². The maximum atomic E-state index is 12.6. The predicted molar refractivity (Wildman–Crippen MR) is 97.2 cm³/mol. The minimum absolute atomic E-state index is 0.0801. The first-order chi connectivity index (χ1) is 13.1. The average Bonchev–Trinajstić information content (AvgIpc) is 2.62. The zero-order valence-corrected chi connectivity index (χ0v) is 15.4. The number of hydrogen-bond acceptors (Lipinski definition) is 4. The van der Waals surface area contributed by atoms with E-state index in [-0.39, 0.29) is 22.4 Å². The molecule has 148 valence electrons. The maximum absolute atomic E-state index is 12.6. The van der Waals surface area contributed by atoms with Crippen LogP contribution in [0.1, 0.15) is 24.5 Å². The second-order valence-electron chi connectivity index (χ2n) is 6.34. The Hall–Kier alpha value is -2.88. The molecule has 2 N–H and O–H groups in total. The number of anilines is 1.